The van der Waals surface area contributed by atoms with Crippen LogP contribution >= 0.6 is 0 Å². The van der Waals surface area contributed by atoms with Crippen molar-refractivity contribution in [1.82, 2.24) is 14.8 Å². The highest BCUT2D eigenvalue weighted by atomic mass is 16.5. The van der Waals surface area contributed by atoms with E-state index in [4.69, 9.17) is 4.74 Å². The number of methoxy groups -OCH3 is 1. The first-order valence-electron chi connectivity index (χ1n) is 10.2. The third-order valence-corrected chi connectivity index (χ3v) is 5.84. The Labute approximate surface area is 175 Å². The van der Waals surface area contributed by atoms with Crippen LogP contribution < -0.4 is 15.2 Å². The number of carboxylic acid groups (broad SMARTS) is 1. The van der Waals surface area contributed by atoms with Crippen LogP contribution in [0.15, 0.2) is 24.3 Å². The number of aliphatic carboxylic acids is 1. The highest BCUT2D eigenvalue weighted by Crippen LogP contribution is 2.24. The number of aromatic nitrogens is 1. The van der Waals surface area contributed by atoms with Gasteiger partial charge in [0.1, 0.15) is 17.5 Å². The molecule has 1 fully saturated rings. The Kier molecular flexibility index (Phi) is 6.34. The van der Waals surface area contributed by atoms with Gasteiger partial charge in [-0.05, 0) is 43.0 Å². The minimum Gasteiger partial charge on any atom is -0.550 e. The van der Waals surface area contributed by atoms with Crippen molar-refractivity contribution in [1.29, 1.82) is 0 Å². The van der Waals surface area contributed by atoms with E-state index in [0.717, 1.165) is 10.9 Å². The SMILES string of the molecule is COc1ccc2c(c1)cc(C(=O)N[C@H](C(=O)N1CCC(C(=O)[O-])CC1)C(C)C)n2C. The fourth-order valence-corrected chi connectivity index (χ4v) is 3.93. The molecule has 1 N–H and O–H groups in total. The Morgan fingerprint density at radius 1 is 1.17 bits per heavy atom. The molecule has 8 nitrogen and oxygen atoms in total. The molecule has 3 rings (SSSR count). The molecule has 0 saturated carbocycles. The zero-order valence-corrected chi connectivity index (χ0v) is 17.8. The fourth-order valence-electron chi connectivity index (χ4n) is 3.93. The lowest BCUT2D eigenvalue weighted by Gasteiger charge is -2.35. The monoisotopic (exact) mass is 414 g/mol. The average molecular weight is 414 g/mol. The Bertz CT molecular complexity index is 957. The third-order valence-electron chi connectivity index (χ3n) is 5.84. The zero-order valence-electron chi connectivity index (χ0n) is 17.8. The van der Waals surface area contributed by atoms with Crippen molar-refractivity contribution in [2.24, 2.45) is 18.9 Å². The van der Waals surface area contributed by atoms with Crippen LogP contribution in [0.3, 0.4) is 0 Å². The number of piperidine rings is 1. The van der Waals surface area contributed by atoms with Crippen LogP contribution in [0.5, 0.6) is 5.75 Å². The van der Waals surface area contributed by atoms with E-state index >= 15 is 0 Å². The summed E-state index contributed by atoms with van der Waals surface area (Å²) in [6.45, 7) is 4.46. The van der Waals surface area contributed by atoms with Gasteiger partial charge in [0, 0.05) is 42.9 Å². The summed E-state index contributed by atoms with van der Waals surface area (Å²) in [4.78, 5) is 38.7. The molecule has 2 aromatic rings. The van der Waals surface area contributed by atoms with Gasteiger partial charge in [-0.2, -0.15) is 0 Å². The minimum atomic E-state index is -1.07. The first-order chi connectivity index (χ1) is 14.2. The van der Waals surface area contributed by atoms with Crippen molar-refractivity contribution in [3.63, 3.8) is 0 Å². The molecule has 1 aliphatic heterocycles. The van der Waals surface area contributed by atoms with E-state index in [-0.39, 0.29) is 17.7 Å². The predicted octanol–water partition coefficient (Wildman–Crippen LogP) is 0.930. The quantitative estimate of drug-likeness (QED) is 0.757. The van der Waals surface area contributed by atoms with Crippen LogP contribution in [0.2, 0.25) is 0 Å². The lowest BCUT2D eigenvalue weighted by molar-refractivity contribution is -0.312. The van der Waals surface area contributed by atoms with Crippen molar-refractivity contribution in [2.75, 3.05) is 20.2 Å². The van der Waals surface area contributed by atoms with Gasteiger partial charge in [0.25, 0.3) is 5.91 Å². The first-order valence-corrected chi connectivity index (χ1v) is 10.2. The highest BCUT2D eigenvalue weighted by molar-refractivity contribution is 6.01. The lowest BCUT2D eigenvalue weighted by atomic mass is 9.95. The van der Waals surface area contributed by atoms with Gasteiger partial charge in [-0.25, -0.2) is 0 Å². The molecular weight excluding hydrogens is 386 g/mol. The van der Waals surface area contributed by atoms with Gasteiger partial charge >= 0.3 is 0 Å². The number of nitrogens with one attached hydrogen (secondary N) is 1. The van der Waals surface area contributed by atoms with Crippen molar-refractivity contribution < 1.29 is 24.2 Å². The summed E-state index contributed by atoms with van der Waals surface area (Å²) >= 11 is 0. The Morgan fingerprint density at radius 3 is 2.40 bits per heavy atom. The molecule has 2 heterocycles. The summed E-state index contributed by atoms with van der Waals surface area (Å²) in [5, 5.41) is 14.8. The minimum absolute atomic E-state index is 0.116. The number of benzene rings is 1. The molecule has 1 saturated heterocycles. The number of carboxylic acids is 1. The zero-order chi connectivity index (χ0) is 22.0. The van der Waals surface area contributed by atoms with E-state index in [1.54, 1.807) is 29.7 Å². The van der Waals surface area contributed by atoms with E-state index in [1.807, 2.05) is 32.0 Å². The van der Waals surface area contributed by atoms with Crippen molar-refractivity contribution in [2.45, 2.75) is 32.7 Å². The maximum absolute atomic E-state index is 13.0. The normalized spacial score (nSPS) is 16.0. The number of ether oxygens (including phenoxy) is 1. The first kappa shape index (κ1) is 21.7. The Hall–Kier alpha value is -3.03. The van der Waals surface area contributed by atoms with E-state index in [1.165, 1.54) is 0 Å². The molecular formula is C22H28N3O5-. The van der Waals surface area contributed by atoms with Crippen molar-refractivity contribution in [3.8, 4) is 5.75 Å². The maximum Gasteiger partial charge on any atom is 0.268 e. The van der Waals surface area contributed by atoms with Crippen molar-refractivity contribution >= 4 is 28.7 Å². The van der Waals surface area contributed by atoms with Crippen LogP contribution in [0.25, 0.3) is 10.9 Å². The number of likely N-dealkylation sites (tertiary alicyclic amines) is 1. The van der Waals surface area contributed by atoms with Gasteiger partial charge in [-0.1, -0.05) is 13.8 Å². The third kappa shape index (κ3) is 4.27. The molecule has 2 amide bonds. The van der Waals surface area contributed by atoms with Gasteiger partial charge in [-0.3, -0.25) is 9.59 Å². The molecule has 1 aromatic carbocycles. The summed E-state index contributed by atoms with van der Waals surface area (Å²) < 4.78 is 7.04. The molecule has 8 heteroatoms. The van der Waals surface area contributed by atoms with E-state index < -0.39 is 17.9 Å². The van der Waals surface area contributed by atoms with E-state index in [2.05, 4.69) is 5.32 Å². The number of hydrogen-bond donors (Lipinski definition) is 1. The number of carbonyl (C=O) groups excluding carboxylic acids is 3. The van der Waals surface area contributed by atoms with E-state index in [9.17, 15) is 19.5 Å². The molecule has 1 aromatic heterocycles. The summed E-state index contributed by atoms with van der Waals surface area (Å²) in [5.74, 6) is -1.51. The molecule has 30 heavy (non-hydrogen) atoms. The van der Waals surface area contributed by atoms with Gasteiger partial charge in [-0.15, -0.1) is 0 Å². The van der Waals surface area contributed by atoms with Crippen LogP contribution in [-0.4, -0.2) is 53.5 Å². The second-order valence-corrected chi connectivity index (χ2v) is 8.13. The molecule has 0 radical (unpaired) electrons. The predicted molar refractivity (Wildman–Crippen MR) is 110 cm³/mol. The number of nitrogens with zero attached hydrogens (tertiary/aromatic N) is 2. The summed E-state index contributed by atoms with van der Waals surface area (Å²) in [5.41, 5.74) is 1.34. The summed E-state index contributed by atoms with van der Waals surface area (Å²) in [6.07, 6.45) is 0.746. The molecule has 1 aliphatic rings. The number of aryl methyl sites for hydroxylation is 1. The largest absolute Gasteiger partial charge is 0.550 e. The number of rotatable bonds is 6. The molecule has 0 spiro atoms. The number of carbonyl (C=O) groups is 3. The van der Waals surface area contributed by atoms with E-state index in [0.29, 0.717) is 37.4 Å². The summed E-state index contributed by atoms with van der Waals surface area (Å²) in [7, 11) is 3.40. The van der Waals surface area contributed by atoms with Gasteiger partial charge in [0.2, 0.25) is 5.91 Å². The number of amides is 2. The molecule has 0 unspecified atom stereocenters. The molecule has 162 valence electrons. The standard InChI is InChI=1S/C22H29N3O5/c1-13(2)19(21(27)25-9-7-14(8-10-25)22(28)29)23-20(26)18-12-15-11-16(30-4)5-6-17(15)24(18)3/h5-6,11-14,19H,7-10H2,1-4H3,(H,23,26)(H,28,29)/p-1/t19-/m0/s1. The molecule has 0 aliphatic carbocycles. The smallest absolute Gasteiger partial charge is 0.268 e. The molecule has 1 atom stereocenters. The van der Waals surface area contributed by atoms with Crippen LogP contribution in [-0.2, 0) is 16.6 Å². The second-order valence-electron chi connectivity index (χ2n) is 8.13. The highest BCUT2D eigenvalue weighted by Gasteiger charge is 2.32. The number of fused-ring (bicyclic) bond motifs is 1. The molecule has 0 bridgehead atoms. The average Bonchev–Trinajstić information content (AvgIpc) is 3.07. The Morgan fingerprint density at radius 2 is 1.83 bits per heavy atom. The fraction of sp³-hybridized carbons (Fsp3) is 0.500. The van der Waals surface area contributed by atoms with Gasteiger partial charge in [0.05, 0.1) is 7.11 Å². The van der Waals surface area contributed by atoms with Crippen LogP contribution in [0.1, 0.15) is 37.2 Å². The topological polar surface area (TPSA) is 104 Å². The van der Waals surface area contributed by atoms with Crippen LogP contribution in [0.4, 0.5) is 0 Å². The van der Waals surface area contributed by atoms with Crippen molar-refractivity contribution in [3.05, 3.63) is 30.0 Å². The van der Waals surface area contributed by atoms with Gasteiger partial charge < -0.3 is 29.4 Å². The van der Waals surface area contributed by atoms with Crippen LogP contribution in [0, 0.1) is 11.8 Å². The maximum atomic E-state index is 13.0. The lowest BCUT2D eigenvalue weighted by Crippen LogP contribution is -2.54. The Balaban J connectivity index is 1.76. The summed E-state index contributed by atoms with van der Waals surface area (Å²) in [6, 6.07) is 6.67. The second kappa shape index (κ2) is 8.77. The number of hydrogen-bond acceptors (Lipinski definition) is 5. The van der Waals surface area contributed by atoms with Gasteiger partial charge in [0.15, 0.2) is 0 Å².